The first-order valence-corrected chi connectivity index (χ1v) is 6.41. The van der Waals surface area contributed by atoms with E-state index in [4.69, 9.17) is 8.92 Å². The lowest BCUT2D eigenvalue weighted by atomic mass is 9.97. The molecular formula is C9H18O5S. The second-order valence-electron chi connectivity index (χ2n) is 4.77. The number of carbonyl (C=O) groups excluding carboxylic acids is 1. The molecule has 90 valence electrons. The van der Waals surface area contributed by atoms with Gasteiger partial charge >= 0.3 is 5.97 Å². The molecule has 5 nitrogen and oxygen atoms in total. The van der Waals surface area contributed by atoms with Crippen LogP contribution in [0.15, 0.2) is 0 Å². The van der Waals surface area contributed by atoms with Gasteiger partial charge < -0.3 is 13.8 Å². The van der Waals surface area contributed by atoms with Crippen LogP contribution in [0.5, 0.6) is 0 Å². The van der Waals surface area contributed by atoms with Crippen molar-refractivity contribution in [2.24, 2.45) is 5.41 Å². The van der Waals surface area contributed by atoms with E-state index in [1.54, 1.807) is 27.7 Å². The molecule has 1 rings (SSSR count). The summed E-state index contributed by atoms with van der Waals surface area (Å²) in [6, 6.07) is 0. The fourth-order valence-electron chi connectivity index (χ4n) is 1.14. The third-order valence-corrected chi connectivity index (χ3v) is 3.46. The van der Waals surface area contributed by atoms with Crippen molar-refractivity contribution in [2.75, 3.05) is 5.75 Å². The molecule has 1 aliphatic heterocycles. The highest BCUT2D eigenvalue weighted by Crippen LogP contribution is 2.49. The number of ether oxygens (including phenoxy) is 1. The van der Waals surface area contributed by atoms with Crippen molar-refractivity contribution < 1.29 is 22.8 Å². The van der Waals surface area contributed by atoms with E-state index in [-0.39, 0.29) is 11.7 Å². The van der Waals surface area contributed by atoms with E-state index in [0.29, 0.717) is 0 Å². The van der Waals surface area contributed by atoms with Gasteiger partial charge in [-0.1, -0.05) is 0 Å². The van der Waals surface area contributed by atoms with Gasteiger partial charge in [0.15, 0.2) is 0 Å². The van der Waals surface area contributed by atoms with Gasteiger partial charge in [0.05, 0.1) is 22.0 Å². The highest BCUT2D eigenvalue weighted by Gasteiger charge is 2.42. The molecule has 1 heterocycles. The van der Waals surface area contributed by atoms with E-state index >= 15 is 0 Å². The summed E-state index contributed by atoms with van der Waals surface area (Å²) in [5.74, 6) is -0.393. The molecule has 1 fully saturated rings. The molecule has 2 N–H and O–H groups in total. The highest BCUT2D eigenvalue weighted by molar-refractivity contribution is 8.20. The Hall–Kier alpha value is -0.300. The van der Waals surface area contributed by atoms with Crippen LogP contribution in [0, 0.1) is 5.41 Å². The van der Waals surface area contributed by atoms with Gasteiger partial charge in [-0.25, -0.2) is 0 Å². The van der Waals surface area contributed by atoms with Gasteiger partial charge in [-0.15, -0.1) is 0 Å². The molecule has 1 saturated heterocycles. The van der Waals surface area contributed by atoms with Crippen LogP contribution >= 0.6 is 10.9 Å². The van der Waals surface area contributed by atoms with Crippen LogP contribution in [-0.2, 0) is 13.7 Å². The highest BCUT2D eigenvalue weighted by atomic mass is 32.3. The normalized spacial score (nSPS) is 32.4. The molecule has 0 aromatic rings. The van der Waals surface area contributed by atoms with Crippen molar-refractivity contribution in [1.29, 1.82) is 0 Å². The first kappa shape index (κ1) is 12.8. The molecule has 0 saturated carbocycles. The molecule has 0 bridgehead atoms. The topological polar surface area (TPSA) is 76.0 Å². The molecule has 0 spiro atoms. The lowest BCUT2D eigenvalue weighted by Gasteiger charge is -2.21. The average molecular weight is 238 g/mol. The summed E-state index contributed by atoms with van der Waals surface area (Å²) >= 11 is 0. The van der Waals surface area contributed by atoms with Crippen LogP contribution in [0.2, 0.25) is 0 Å². The number of esters is 1. The molecule has 0 radical (unpaired) electrons. The monoisotopic (exact) mass is 238 g/mol. The second kappa shape index (κ2) is 3.93. The zero-order valence-corrected chi connectivity index (χ0v) is 10.2. The van der Waals surface area contributed by atoms with Gasteiger partial charge in [-0.05, 0) is 27.7 Å². The first-order valence-electron chi connectivity index (χ1n) is 4.77. The quantitative estimate of drug-likeness (QED) is 0.683. The average Bonchev–Trinajstić information content (AvgIpc) is 2.22. The Morgan fingerprint density at radius 3 is 2.33 bits per heavy atom. The van der Waals surface area contributed by atoms with Crippen LogP contribution in [0.3, 0.4) is 0 Å². The van der Waals surface area contributed by atoms with Gasteiger partial charge in [-0.3, -0.25) is 8.98 Å². The minimum Gasteiger partial charge on any atom is -0.458 e. The molecule has 2 atom stereocenters. The zero-order valence-electron chi connectivity index (χ0n) is 9.39. The first-order chi connectivity index (χ1) is 6.62. The molecule has 0 aliphatic carbocycles. The van der Waals surface area contributed by atoms with E-state index in [0.717, 1.165) is 0 Å². The van der Waals surface area contributed by atoms with E-state index in [9.17, 15) is 13.9 Å². The van der Waals surface area contributed by atoms with Crippen molar-refractivity contribution >= 4 is 16.8 Å². The minimum atomic E-state index is -3.01. The van der Waals surface area contributed by atoms with Crippen LogP contribution in [0.4, 0.5) is 0 Å². The Morgan fingerprint density at radius 2 is 2.00 bits per heavy atom. The summed E-state index contributed by atoms with van der Waals surface area (Å²) in [5.41, 5.74) is -0.592. The Kier molecular flexibility index (Phi) is 3.35. The molecule has 6 heteroatoms. The molecule has 15 heavy (non-hydrogen) atoms. The number of hydrogen-bond donors (Lipinski definition) is 2. The minimum absolute atomic E-state index is 0.0318. The second-order valence-corrected chi connectivity index (χ2v) is 6.51. The maximum absolute atomic E-state index is 11.5. The van der Waals surface area contributed by atoms with E-state index in [1.807, 2.05) is 0 Å². The largest absolute Gasteiger partial charge is 0.458 e. The van der Waals surface area contributed by atoms with Crippen molar-refractivity contribution in [3.05, 3.63) is 0 Å². The summed E-state index contributed by atoms with van der Waals surface area (Å²) in [4.78, 5) is 11.5. The van der Waals surface area contributed by atoms with E-state index in [2.05, 4.69) is 0 Å². The lowest BCUT2D eigenvalue weighted by molar-refractivity contribution is -0.160. The maximum atomic E-state index is 11.5. The summed E-state index contributed by atoms with van der Waals surface area (Å²) < 4.78 is 28.6. The van der Waals surface area contributed by atoms with Gasteiger partial charge in [0.2, 0.25) is 0 Å². The molecule has 0 amide bonds. The van der Waals surface area contributed by atoms with Crippen LogP contribution in [0.25, 0.3) is 0 Å². The van der Waals surface area contributed by atoms with Crippen molar-refractivity contribution in [3.8, 4) is 0 Å². The molecule has 2 unspecified atom stereocenters. The fourth-order valence-corrected chi connectivity index (χ4v) is 2.59. The number of hydrogen-bond acceptors (Lipinski definition) is 5. The molecule has 0 aromatic carbocycles. The third-order valence-electron chi connectivity index (χ3n) is 2.08. The SMILES string of the molecule is CC1OS(O)(O)CC1OC(=O)C(C)(C)C. The van der Waals surface area contributed by atoms with E-state index < -0.39 is 28.5 Å². The fraction of sp³-hybridized carbons (Fsp3) is 0.889. The Balaban J connectivity index is 2.58. The zero-order chi connectivity index (χ0) is 11.9. The summed E-state index contributed by atoms with van der Waals surface area (Å²) in [5, 5.41) is 0. The smallest absolute Gasteiger partial charge is 0.311 e. The Bertz CT molecular complexity index is 258. The Labute approximate surface area is 91.3 Å². The Morgan fingerprint density at radius 1 is 1.47 bits per heavy atom. The summed E-state index contributed by atoms with van der Waals surface area (Å²) in [6.45, 7) is 6.89. The van der Waals surface area contributed by atoms with Crippen LogP contribution in [-0.4, -0.2) is 33.0 Å². The third kappa shape index (κ3) is 3.34. The predicted octanol–water partition coefficient (Wildman–Crippen LogP) is 2.03. The molecular weight excluding hydrogens is 220 g/mol. The van der Waals surface area contributed by atoms with Crippen molar-refractivity contribution in [2.45, 2.75) is 39.9 Å². The summed E-state index contributed by atoms with van der Waals surface area (Å²) in [6.07, 6.45) is -1.04. The van der Waals surface area contributed by atoms with Gasteiger partial charge in [0, 0.05) is 0 Å². The van der Waals surface area contributed by atoms with E-state index in [1.165, 1.54) is 0 Å². The van der Waals surface area contributed by atoms with Crippen LogP contribution in [0.1, 0.15) is 27.7 Å². The maximum Gasteiger partial charge on any atom is 0.311 e. The van der Waals surface area contributed by atoms with Crippen molar-refractivity contribution in [1.82, 2.24) is 0 Å². The van der Waals surface area contributed by atoms with Gasteiger partial charge in [-0.2, -0.15) is 0 Å². The molecule has 1 aliphatic rings. The predicted molar refractivity (Wildman–Crippen MR) is 57.6 cm³/mol. The van der Waals surface area contributed by atoms with Crippen LogP contribution < -0.4 is 0 Å². The van der Waals surface area contributed by atoms with Crippen molar-refractivity contribution in [3.63, 3.8) is 0 Å². The summed E-state index contributed by atoms with van der Waals surface area (Å²) in [7, 11) is -3.01. The van der Waals surface area contributed by atoms with Gasteiger partial charge in [0.25, 0.3) is 0 Å². The molecule has 0 aromatic heterocycles. The number of rotatable bonds is 1. The lowest BCUT2D eigenvalue weighted by Crippen LogP contribution is -2.33. The standard InChI is InChI=1S/C9H18O5S/c1-6-7(5-15(11,12)14-6)13-8(10)9(2,3)4/h6-7,11-12H,5H2,1-4H3. The van der Waals surface area contributed by atoms with Gasteiger partial charge in [0.1, 0.15) is 12.2 Å². The number of carbonyl (C=O) groups is 1.